The van der Waals surface area contributed by atoms with Gasteiger partial charge in [0.15, 0.2) is 0 Å². The highest BCUT2D eigenvalue weighted by Crippen LogP contribution is 2.43. The Kier molecular flexibility index (Phi) is 9.34. The molecule has 2 aliphatic rings. The minimum Gasteiger partial charge on any atom is -0.354 e. The molecule has 0 saturated heterocycles. The molecule has 8 bridgehead atoms. The van der Waals surface area contributed by atoms with Crippen LogP contribution in [0.25, 0.3) is 88.6 Å². The number of aromatic nitrogens is 8. The molecule has 0 saturated carbocycles. The van der Waals surface area contributed by atoms with Gasteiger partial charge in [-0.1, -0.05) is 24.3 Å². The highest BCUT2D eigenvalue weighted by Gasteiger charge is 2.27. The predicted molar refractivity (Wildman–Crippen MR) is 273 cm³/mol. The van der Waals surface area contributed by atoms with Crippen LogP contribution in [0.5, 0.6) is 0 Å². The molecule has 0 unspecified atom stereocenters. The quantitative estimate of drug-likeness (QED) is 0.147. The van der Waals surface area contributed by atoms with E-state index in [2.05, 4.69) is 9.97 Å². The van der Waals surface area contributed by atoms with E-state index in [1.165, 1.54) is 73.8 Å². The lowest BCUT2D eigenvalue weighted by atomic mass is 10.0. The van der Waals surface area contributed by atoms with E-state index in [-0.39, 0.29) is 19.6 Å². The monoisotopic (exact) mass is 1030 g/mol. The first-order valence-corrected chi connectivity index (χ1v) is 27.9. The number of aromatic amines is 2. The second-order valence-electron chi connectivity index (χ2n) is 17.1. The zero-order chi connectivity index (χ0) is 49.3. The lowest BCUT2D eigenvalue weighted by molar-refractivity contribution is 0.586. The summed E-state index contributed by atoms with van der Waals surface area (Å²) < 4.78 is 116. The Bertz CT molecular complexity index is 4430. The second kappa shape index (κ2) is 15.5. The fourth-order valence-electron chi connectivity index (χ4n) is 9.43. The zero-order valence-corrected chi connectivity index (χ0v) is 40.3. The van der Waals surface area contributed by atoms with E-state index >= 15 is 0 Å². The molecule has 0 spiro atoms. The van der Waals surface area contributed by atoms with E-state index in [1.54, 1.807) is 121 Å². The molecule has 20 heteroatoms. The van der Waals surface area contributed by atoms with Crippen LogP contribution in [0.3, 0.4) is 0 Å². The van der Waals surface area contributed by atoms with Crippen molar-refractivity contribution in [1.82, 2.24) is 35.8 Å². The van der Waals surface area contributed by atoms with E-state index < -0.39 is 40.1 Å². The number of rotatable bonds is 8. The number of benzene rings is 4. The molecule has 16 nitrogen and oxygen atoms in total. The fourth-order valence-corrected chi connectivity index (χ4v) is 14.3. The smallest absolute Gasteiger partial charge is 0.267 e. The van der Waals surface area contributed by atoms with Crippen molar-refractivity contribution in [2.24, 2.45) is 0 Å². The van der Waals surface area contributed by atoms with Crippen molar-refractivity contribution in [1.29, 1.82) is 0 Å². The molecule has 13 rings (SSSR count). The first-order chi connectivity index (χ1) is 34.6. The molecular formula is C52H34N8O8S4. The number of fused-ring (bicyclic) bond motifs is 20. The molecule has 2 aliphatic heterocycles. The van der Waals surface area contributed by atoms with Gasteiger partial charge in [0.25, 0.3) is 40.1 Å². The van der Waals surface area contributed by atoms with Gasteiger partial charge in [0.2, 0.25) is 0 Å². The van der Waals surface area contributed by atoms with Crippen LogP contribution in [0.1, 0.15) is 0 Å². The summed E-state index contributed by atoms with van der Waals surface area (Å²) in [6.45, 7) is 0. The average Bonchev–Trinajstić information content (AvgIpc) is 4.23. The molecular weight excluding hydrogens is 993 g/mol. The molecule has 354 valence electrons. The van der Waals surface area contributed by atoms with Crippen molar-refractivity contribution < 1.29 is 33.7 Å². The molecule has 72 heavy (non-hydrogen) atoms. The summed E-state index contributed by atoms with van der Waals surface area (Å²) in [5.41, 5.74) is 5.65. The molecule has 0 aliphatic carbocycles. The normalized spacial score (nSPS) is 12.9. The van der Waals surface area contributed by atoms with Gasteiger partial charge in [-0.15, -0.1) is 0 Å². The standard InChI is InChI=1S/C52H34N8O8S4/c61-69(62,57-17-1-2-18-57)33-9-13-37-41(25-33)49-29-46-38-14-10-34(70(63,64)58-19-3-4-20-58)26-42(38)51(54-46)31-48-40-16-12-36(72(67,68)60-23-7-8-24-60)28-44(40)52(56-48)32-47-39-15-11-35(71(65,66)59-21-5-6-22-59)27-43(39)50(55-47)30-45(37)53-49/h1-32,53,56H. The van der Waals surface area contributed by atoms with Crippen LogP contribution < -0.4 is 0 Å². The van der Waals surface area contributed by atoms with Crippen molar-refractivity contribution in [2.45, 2.75) is 19.6 Å². The van der Waals surface area contributed by atoms with Crippen LogP contribution in [0.15, 0.2) is 215 Å². The van der Waals surface area contributed by atoms with Crippen molar-refractivity contribution in [3.8, 4) is 45.0 Å². The van der Waals surface area contributed by atoms with Crippen molar-refractivity contribution in [2.75, 3.05) is 0 Å². The summed E-state index contributed by atoms with van der Waals surface area (Å²) in [6.07, 6.45) is 11.6. The molecule has 9 heterocycles. The average molecular weight is 1030 g/mol. The first-order valence-electron chi connectivity index (χ1n) is 22.1. The van der Waals surface area contributed by atoms with Crippen molar-refractivity contribution >= 4 is 83.7 Å². The number of nitrogens with zero attached hydrogens (tertiary/aromatic N) is 6. The van der Waals surface area contributed by atoms with Gasteiger partial charge in [0.05, 0.1) is 42.4 Å². The molecule has 11 aromatic rings. The molecule has 0 fully saturated rings. The van der Waals surface area contributed by atoms with Gasteiger partial charge < -0.3 is 9.97 Å². The summed E-state index contributed by atoms with van der Waals surface area (Å²) in [4.78, 5) is 17.3. The van der Waals surface area contributed by atoms with Gasteiger partial charge in [-0.05, 0) is 121 Å². The third-order valence-electron chi connectivity index (χ3n) is 13.0. The molecule has 2 N–H and O–H groups in total. The van der Waals surface area contributed by atoms with Crippen LogP contribution in [-0.4, -0.2) is 69.5 Å². The number of nitrogens with one attached hydrogen (secondary N) is 2. The molecule has 4 aromatic carbocycles. The van der Waals surface area contributed by atoms with Gasteiger partial charge >= 0.3 is 0 Å². The summed E-state index contributed by atoms with van der Waals surface area (Å²) in [5.74, 6) is 0. The molecule has 0 amide bonds. The Hall–Kier alpha value is -8.56. The third kappa shape index (κ3) is 6.67. The largest absolute Gasteiger partial charge is 0.354 e. The van der Waals surface area contributed by atoms with Crippen molar-refractivity contribution in [3.63, 3.8) is 0 Å². The van der Waals surface area contributed by atoms with Gasteiger partial charge in [-0.3, -0.25) is 0 Å². The second-order valence-corrected chi connectivity index (χ2v) is 24.5. The summed E-state index contributed by atoms with van der Waals surface area (Å²) in [7, 11) is -16.1. The highest BCUT2D eigenvalue weighted by atomic mass is 32.2. The Labute approximate surface area is 410 Å². The Morgan fingerprint density at radius 1 is 0.292 bits per heavy atom. The SMILES string of the molecule is O=S(=O)(c1ccc2c(c1)-c1cc3[nH]c(cc4nc(cc5[nH]c(cc-2n1)c1cc(S(=O)(=O)n2cccc2)ccc51)-c1cc(S(=O)(=O)n2cccc2)ccc1-4)c1cc(S(=O)(=O)n2cccc2)ccc31)n1cccc1. The summed E-state index contributed by atoms with van der Waals surface area (Å²) >= 11 is 0. The number of H-pyrrole nitrogens is 2. The summed E-state index contributed by atoms with van der Waals surface area (Å²) in [5, 5.41) is 2.23. The molecule has 7 aromatic heterocycles. The maximum atomic E-state index is 14.0. The van der Waals surface area contributed by atoms with Crippen LogP contribution >= 0.6 is 0 Å². The maximum Gasteiger partial charge on any atom is 0.267 e. The van der Waals surface area contributed by atoms with Gasteiger partial charge in [-0.2, -0.15) is 0 Å². The predicted octanol–water partition coefficient (Wildman–Crippen LogP) is 9.44. The van der Waals surface area contributed by atoms with E-state index in [4.69, 9.17) is 9.97 Å². The lowest BCUT2D eigenvalue weighted by Gasteiger charge is -2.08. The highest BCUT2D eigenvalue weighted by molar-refractivity contribution is 7.90. The topological polar surface area (TPSA) is 214 Å². The number of hydrogen-bond donors (Lipinski definition) is 2. The van der Waals surface area contributed by atoms with Crippen molar-refractivity contribution in [3.05, 3.63) is 195 Å². The van der Waals surface area contributed by atoms with Crippen LogP contribution in [0, 0.1) is 0 Å². The van der Waals surface area contributed by atoms with Crippen LogP contribution in [0.4, 0.5) is 0 Å². The van der Waals surface area contributed by atoms with Crippen LogP contribution in [0.2, 0.25) is 0 Å². The van der Waals surface area contributed by atoms with E-state index in [0.717, 1.165) is 15.9 Å². The Balaban J connectivity index is 1.15. The van der Waals surface area contributed by atoms with E-state index in [9.17, 15) is 33.7 Å². The van der Waals surface area contributed by atoms with Crippen LogP contribution in [-0.2, 0) is 40.1 Å². The molecule has 0 atom stereocenters. The minimum absolute atomic E-state index is 0.00651. The van der Waals surface area contributed by atoms with E-state index in [0.29, 0.717) is 88.6 Å². The number of hydrogen-bond acceptors (Lipinski definition) is 10. The third-order valence-corrected chi connectivity index (χ3v) is 19.6. The van der Waals surface area contributed by atoms with E-state index in [1.807, 2.05) is 0 Å². The zero-order valence-electron chi connectivity index (χ0n) is 37.1. The Morgan fingerprint density at radius 2 is 0.556 bits per heavy atom. The summed E-state index contributed by atoms with van der Waals surface area (Å²) in [6, 6.07) is 39.1. The van der Waals surface area contributed by atoms with Gasteiger partial charge in [0, 0.05) is 115 Å². The van der Waals surface area contributed by atoms with Gasteiger partial charge in [0.1, 0.15) is 0 Å². The fraction of sp³-hybridized carbons (Fsp3) is 0. The lowest BCUT2D eigenvalue weighted by Crippen LogP contribution is -2.10. The molecule has 0 radical (unpaired) electrons. The maximum absolute atomic E-state index is 14.0. The minimum atomic E-state index is -4.04. The first kappa shape index (κ1) is 43.5. The Morgan fingerprint density at radius 3 is 0.875 bits per heavy atom. The van der Waals surface area contributed by atoms with Gasteiger partial charge in [-0.25, -0.2) is 59.5 Å².